The summed E-state index contributed by atoms with van der Waals surface area (Å²) in [5.41, 5.74) is 2.41. The number of hydrogen-bond donors (Lipinski definition) is 1. The number of thiol groups is 1. The monoisotopic (exact) mass is 209 g/mol. The van der Waals surface area contributed by atoms with Crippen molar-refractivity contribution in [1.82, 2.24) is 4.98 Å². The Morgan fingerprint density at radius 1 is 1.07 bits per heavy atom. The molecule has 0 atom stereocenters. The molecule has 0 N–H and O–H groups in total. The fourth-order valence-electron chi connectivity index (χ4n) is 1.20. The molecule has 0 aliphatic heterocycles. The minimum absolute atomic E-state index is 0.108. The second-order valence-corrected chi connectivity index (χ2v) is 6.36. The minimum Gasteiger partial charge on any atom is -0.260 e. The van der Waals surface area contributed by atoms with E-state index in [1.165, 1.54) is 0 Å². The number of aromatic nitrogens is 1. The van der Waals surface area contributed by atoms with E-state index in [0.717, 1.165) is 11.3 Å². The average molecular weight is 209 g/mol. The Labute approximate surface area is 92.4 Å². The van der Waals surface area contributed by atoms with E-state index in [4.69, 9.17) is 0 Å². The van der Waals surface area contributed by atoms with Crippen LogP contribution in [0.2, 0.25) is 0 Å². The molecule has 0 fully saturated rings. The van der Waals surface area contributed by atoms with Crippen molar-refractivity contribution < 1.29 is 0 Å². The van der Waals surface area contributed by atoms with Gasteiger partial charge >= 0.3 is 0 Å². The SMILES string of the molecule is CC(C)(C)c1ccc(C(C)(C)S)cn1. The lowest BCUT2D eigenvalue weighted by Crippen LogP contribution is -2.15. The van der Waals surface area contributed by atoms with Crippen LogP contribution in [0.15, 0.2) is 18.3 Å². The lowest BCUT2D eigenvalue weighted by molar-refractivity contribution is 0.567. The van der Waals surface area contributed by atoms with E-state index < -0.39 is 0 Å². The molecule has 0 spiro atoms. The first-order valence-electron chi connectivity index (χ1n) is 4.90. The number of hydrogen-bond acceptors (Lipinski definition) is 2. The Kier molecular flexibility index (Phi) is 2.96. The van der Waals surface area contributed by atoms with Crippen LogP contribution < -0.4 is 0 Å². The summed E-state index contributed by atoms with van der Waals surface area (Å²) in [4.78, 5) is 4.47. The van der Waals surface area contributed by atoms with Crippen molar-refractivity contribution >= 4 is 12.6 Å². The molecule has 78 valence electrons. The number of rotatable bonds is 1. The highest BCUT2D eigenvalue weighted by Crippen LogP contribution is 2.28. The van der Waals surface area contributed by atoms with Crippen LogP contribution in [0.1, 0.15) is 45.9 Å². The van der Waals surface area contributed by atoms with Gasteiger partial charge in [0.2, 0.25) is 0 Å². The first-order valence-corrected chi connectivity index (χ1v) is 5.35. The Morgan fingerprint density at radius 3 is 1.93 bits per heavy atom. The molecule has 1 heterocycles. The largest absolute Gasteiger partial charge is 0.260 e. The van der Waals surface area contributed by atoms with Crippen molar-refractivity contribution in [2.45, 2.75) is 44.8 Å². The van der Waals surface area contributed by atoms with Crippen molar-refractivity contribution in [1.29, 1.82) is 0 Å². The number of pyridine rings is 1. The first kappa shape index (κ1) is 11.6. The Morgan fingerprint density at radius 2 is 1.64 bits per heavy atom. The van der Waals surface area contributed by atoms with Crippen molar-refractivity contribution in [3.05, 3.63) is 29.6 Å². The van der Waals surface area contributed by atoms with Crippen molar-refractivity contribution in [3.63, 3.8) is 0 Å². The van der Waals surface area contributed by atoms with Crippen molar-refractivity contribution in [2.75, 3.05) is 0 Å². The third kappa shape index (κ3) is 2.74. The molecule has 14 heavy (non-hydrogen) atoms. The molecule has 0 bridgehead atoms. The van der Waals surface area contributed by atoms with Gasteiger partial charge in [-0.15, -0.1) is 0 Å². The molecule has 0 saturated heterocycles. The number of nitrogens with zero attached hydrogens (tertiary/aromatic N) is 1. The second kappa shape index (κ2) is 3.58. The summed E-state index contributed by atoms with van der Waals surface area (Å²) >= 11 is 4.51. The summed E-state index contributed by atoms with van der Waals surface area (Å²) in [5.74, 6) is 0. The van der Waals surface area contributed by atoms with Gasteiger partial charge in [-0.2, -0.15) is 12.6 Å². The summed E-state index contributed by atoms with van der Waals surface area (Å²) in [7, 11) is 0. The van der Waals surface area contributed by atoms with Gasteiger partial charge in [-0.05, 0) is 25.5 Å². The molecule has 0 aromatic carbocycles. The summed E-state index contributed by atoms with van der Waals surface area (Å²) in [5, 5.41) is 0. The zero-order chi connectivity index (χ0) is 11.0. The van der Waals surface area contributed by atoms with E-state index >= 15 is 0 Å². The smallest absolute Gasteiger partial charge is 0.0457 e. The highest BCUT2D eigenvalue weighted by atomic mass is 32.1. The third-order valence-corrected chi connectivity index (χ3v) is 2.50. The highest BCUT2D eigenvalue weighted by molar-refractivity contribution is 7.81. The molecular weight excluding hydrogens is 190 g/mol. The van der Waals surface area contributed by atoms with Gasteiger partial charge in [0.25, 0.3) is 0 Å². The Bertz CT molecular complexity index is 268. The van der Waals surface area contributed by atoms with E-state index in [1.807, 2.05) is 6.20 Å². The maximum atomic E-state index is 4.51. The van der Waals surface area contributed by atoms with E-state index in [2.05, 4.69) is 64.4 Å². The lowest BCUT2D eigenvalue weighted by Gasteiger charge is -2.21. The van der Waals surface area contributed by atoms with Gasteiger partial charge in [0.1, 0.15) is 0 Å². The summed E-state index contributed by atoms with van der Waals surface area (Å²) in [6.07, 6.45) is 1.92. The second-order valence-electron chi connectivity index (χ2n) is 5.24. The predicted molar refractivity (Wildman–Crippen MR) is 64.9 cm³/mol. The summed E-state index contributed by atoms with van der Waals surface area (Å²) < 4.78 is -0.108. The van der Waals surface area contributed by atoms with Gasteiger partial charge in [-0.3, -0.25) is 4.98 Å². The van der Waals surface area contributed by atoms with Gasteiger partial charge < -0.3 is 0 Å². The van der Waals surface area contributed by atoms with Gasteiger partial charge in [0.05, 0.1) is 0 Å². The fraction of sp³-hybridized carbons (Fsp3) is 0.583. The van der Waals surface area contributed by atoms with Gasteiger partial charge in [0, 0.05) is 22.1 Å². The van der Waals surface area contributed by atoms with Crippen molar-refractivity contribution in [2.24, 2.45) is 0 Å². The molecule has 0 unspecified atom stereocenters. The zero-order valence-corrected chi connectivity index (χ0v) is 10.5. The van der Waals surface area contributed by atoms with Gasteiger partial charge in [0.15, 0.2) is 0 Å². The third-order valence-electron chi connectivity index (χ3n) is 2.24. The van der Waals surface area contributed by atoms with Gasteiger partial charge in [-0.1, -0.05) is 26.8 Å². The molecule has 0 radical (unpaired) electrons. The Balaban J connectivity index is 3.02. The molecule has 1 aromatic heterocycles. The minimum atomic E-state index is -0.108. The lowest BCUT2D eigenvalue weighted by atomic mass is 9.91. The van der Waals surface area contributed by atoms with E-state index in [-0.39, 0.29) is 10.2 Å². The first-order chi connectivity index (χ1) is 6.21. The zero-order valence-electron chi connectivity index (χ0n) is 9.63. The molecule has 0 aliphatic rings. The van der Waals surface area contributed by atoms with Crippen LogP contribution in [-0.4, -0.2) is 4.98 Å². The molecule has 0 aliphatic carbocycles. The normalized spacial score (nSPS) is 13.0. The molecule has 2 heteroatoms. The molecule has 1 rings (SSSR count). The van der Waals surface area contributed by atoms with Crippen LogP contribution in [0.3, 0.4) is 0 Å². The molecular formula is C12H19NS. The topological polar surface area (TPSA) is 12.9 Å². The van der Waals surface area contributed by atoms with E-state index in [1.54, 1.807) is 0 Å². The van der Waals surface area contributed by atoms with Crippen LogP contribution in [0.25, 0.3) is 0 Å². The van der Waals surface area contributed by atoms with Crippen LogP contribution in [0, 0.1) is 0 Å². The van der Waals surface area contributed by atoms with Crippen LogP contribution >= 0.6 is 12.6 Å². The quantitative estimate of drug-likeness (QED) is 0.698. The molecule has 1 nitrogen and oxygen atoms in total. The van der Waals surface area contributed by atoms with Crippen LogP contribution in [0.5, 0.6) is 0 Å². The maximum absolute atomic E-state index is 4.51. The van der Waals surface area contributed by atoms with Crippen LogP contribution in [-0.2, 0) is 10.2 Å². The summed E-state index contributed by atoms with van der Waals surface area (Å²) in [6, 6.07) is 4.20. The van der Waals surface area contributed by atoms with E-state index in [0.29, 0.717) is 0 Å². The Hall–Kier alpha value is -0.500. The average Bonchev–Trinajstić information content (AvgIpc) is 2.01. The van der Waals surface area contributed by atoms with Gasteiger partial charge in [-0.25, -0.2) is 0 Å². The standard InChI is InChI=1S/C12H19NS/c1-11(2,3)10-7-6-9(8-13-10)12(4,5)14/h6-8,14H,1-5H3. The maximum Gasteiger partial charge on any atom is 0.0457 e. The molecule has 1 aromatic rings. The molecule has 0 amide bonds. The molecule has 0 saturated carbocycles. The predicted octanol–water partition coefficient (Wildman–Crippen LogP) is 3.54. The highest BCUT2D eigenvalue weighted by Gasteiger charge is 2.18. The van der Waals surface area contributed by atoms with Crippen molar-refractivity contribution in [3.8, 4) is 0 Å². The summed E-state index contributed by atoms with van der Waals surface area (Å²) in [6.45, 7) is 10.6. The fourth-order valence-corrected chi connectivity index (χ4v) is 1.33. The van der Waals surface area contributed by atoms with E-state index in [9.17, 15) is 0 Å². The van der Waals surface area contributed by atoms with Crippen LogP contribution in [0.4, 0.5) is 0 Å².